The van der Waals surface area contributed by atoms with Gasteiger partial charge >= 0.3 is 5.97 Å². The number of nitrogens with zero attached hydrogens (tertiary/aromatic N) is 3. The molecule has 0 radical (unpaired) electrons. The van der Waals surface area contributed by atoms with E-state index >= 15 is 0 Å². The van der Waals surface area contributed by atoms with Gasteiger partial charge in [0.1, 0.15) is 0 Å². The number of aromatic nitrogens is 2. The zero-order chi connectivity index (χ0) is 12.3. The second kappa shape index (κ2) is 4.78. The number of carboxylic acids is 1. The smallest absolute Gasteiger partial charge is 0.331 e. The number of aliphatic carboxylic acids is 1. The summed E-state index contributed by atoms with van der Waals surface area (Å²) < 4.78 is 1.59. The Kier molecular flexibility index (Phi) is 3.65. The summed E-state index contributed by atoms with van der Waals surface area (Å²) in [5.41, 5.74) is 1.29. The molecular weight excluding hydrogens is 210 g/mol. The van der Waals surface area contributed by atoms with Crippen LogP contribution in [0.3, 0.4) is 0 Å². The van der Waals surface area contributed by atoms with Gasteiger partial charge in [0.2, 0.25) is 6.41 Å². The molecule has 0 bridgehead atoms. The quantitative estimate of drug-likeness (QED) is 0.733. The van der Waals surface area contributed by atoms with Crippen molar-refractivity contribution in [2.75, 3.05) is 6.54 Å². The summed E-state index contributed by atoms with van der Waals surface area (Å²) in [4.78, 5) is 23.2. The first-order valence-electron chi connectivity index (χ1n) is 4.95. The Morgan fingerprint density at radius 3 is 2.69 bits per heavy atom. The van der Waals surface area contributed by atoms with E-state index in [0.717, 1.165) is 5.69 Å². The SMILES string of the molecule is CCN(C=O)C(C(=O)O)c1cnn(C)c1C. The first-order valence-corrected chi connectivity index (χ1v) is 4.95. The molecule has 6 heteroatoms. The molecule has 1 heterocycles. The standard InChI is InChI=1S/C10H15N3O3/c1-4-13(6-14)9(10(15)16)8-5-11-12(3)7(8)2/h5-6,9H,4H2,1-3H3,(H,15,16). The Balaban J connectivity index is 3.17. The van der Waals surface area contributed by atoms with E-state index in [1.807, 2.05) is 0 Å². The normalized spacial score (nSPS) is 12.2. The van der Waals surface area contributed by atoms with Crippen molar-refractivity contribution in [3.05, 3.63) is 17.5 Å². The van der Waals surface area contributed by atoms with Gasteiger partial charge in [0, 0.05) is 24.8 Å². The van der Waals surface area contributed by atoms with Crippen LogP contribution in [0.25, 0.3) is 0 Å². The molecule has 0 aliphatic heterocycles. The van der Waals surface area contributed by atoms with E-state index < -0.39 is 12.0 Å². The van der Waals surface area contributed by atoms with Gasteiger partial charge in [0.25, 0.3) is 0 Å². The number of carbonyl (C=O) groups excluding carboxylic acids is 1. The topological polar surface area (TPSA) is 75.4 Å². The third-order valence-corrected chi connectivity index (χ3v) is 2.63. The molecule has 0 spiro atoms. The van der Waals surface area contributed by atoms with Crippen molar-refractivity contribution in [2.45, 2.75) is 19.9 Å². The van der Waals surface area contributed by atoms with Crippen LogP contribution >= 0.6 is 0 Å². The highest BCUT2D eigenvalue weighted by Gasteiger charge is 2.28. The van der Waals surface area contributed by atoms with Crippen LogP contribution < -0.4 is 0 Å². The molecule has 1 aromatic rings. The molecule has 88 valence electrons. The van der Waals surface area contributed by atoms with Crippen LogP contribution in [0.15, 0.2) is 6.20 Å². The summed E-state index contributed by atoms with van der Waals surface area (Å²) in [6.45, 7) is 3.85. The number of rotatable bonds is 5. The lowest BCUT2D eigenvalue weighted by Gasteiger charge is -2.23. The van der Waals surface area contributed by atoms with Crippen molar-refractivity contribution in [3.8, 4) is 0 Å². The summed E-state index contributed by atoms with van der Waals surface area (Å²) in [6.07, 6.45) is 2.03. The van der Waals surface area contributed by atoms with Gasteiger partial charge < -0.3 is 10.0 Å². The van der Waals surface area contributed by atoms with Crippen molar-refractivity contribution in [1.29, 1.82) is 0 Å². The molecule has 1 atom stereocenters. The molecule has 0 saturated heterocycles. The summed E-state index contributed by atoms with van der Waals surface area (Å²) in [6, 6.07) is -0.962. The summed E-state index contributed by atoms with van der Waals surface area (Å²) in [5, 5.41) is 13.1. The molecule has 0 saturated carbocycles. The molecule has 0 fully saturated rings. The minimum absolute atomic E-state index is 0.342. The van der Waals surface area contributed by atoms with Gasteiger partial charge in [-0.1, -0.05) is 0 Å². The number of carboxylic acid groups (broad SMARTS) is 1. The van der Waals surface area contributed by atoms with Gasteiger partial charge in [0.05, 0.1) is 6.20 Å². The Labute approximate surface area is 93.5 Å². The van der Waals surface area contributed by atoms with E-state index in [4.69, 9.17) is 5.11 Å². The molecule has 1 N–H and O–H groups in total. The van der Waals surface area contributed by atoms with Crippen LogP contribution in [-0.4, -0.2) is 38.7 Å². The van der Waals surface area contributed by atoms with Gasteiger partial charge in [0.15, 0.2) is 6.04 Å². The molecule has 1 rings (SSSR count). The van der Waals surface area contributed by atoms with E-state index in [0.29, 0.717) is 18.5 Å². The van der Waals surface area contributed by atoms with Crippen molar-refractivity contribution in [1.82, 2.24) is 14.7 Å². The molecule has 16 heavy (non-hydrogen) atoms. The molecule has 6 nitrogen and oxygen atoms in total. The molecule has 0 aliphatic carbocycles. The number of hydrogen-bond donors (Lipinski definition) is 1. The van der Waals surface area contributed by atoms with Gasteiger partial charge in [-0.15, -0.1) is 0 Å². The highest BCUT2D eigenvalue weighted by atomic mass is 16.4. The summed E-state index contributed by atoms with van der Waals surface area (Å²) in [7, 11) is 1.73. The van der Waals surface area contributed by atoms with Crippen LogP contribution in [0.2, 0.25) is 0 Å². The molecule has 0 aliphatic rings. The van der Waals surface area contributed by atoms with Crippen LogP contribution in [0.4, 0.5) is 0 Å². The molecular formula is C10H15N3O3. The maximum absolute atomic E-state index is 11.2. The van der Waals surface area contributed by atoms with Crippen molar-refractivity contribution >= 4 is 12.4 Å². The third-order valence-electron chi connectivity index (χ3n) is 2.63. The summed E-state index contributed by atoms with van der Waals surface area (Å²) in [5.74, 6) is -1.05. The highest BCUT2D eigenvalue weighted by molar-refractivity contribution is 5.78. The van der Waals surface area contributed by atoms with Crippen molar-refractivity contribution in [2.24, 2.45) is 7.05 Å². The lowest BCUT2D eigenvalue weighted by atomic mass is 10.1. The largest absolute Gasteiger partial charge is 0.479 e. The lowest BCUT2D eigenvalue weighted by molar-refractivity contribution is -0.146. The number of amides is 1. The number of hydrogen-bond acceptors (Lipinski definition) is 3. The fourth-order valence-corrected chi connectivity index (χ4v) is 1.56. The predicted molar refractivity (Wildman–Crippen MR) is 56.8 cm³/mol. The van der Waals surface area contributed by atoms with E-state index in [-0.39, 0.29) is 0 Å². The predicted octanol–water partition coefficient (Wildman–Crippen LogP) is 0.333. The summed E-state index contributed by atoms with van der Waals surface area (Å²) >= 11 is 0. The Hall–Kier alpha value is -1.85. The second-order valence-corrected chi connectivity index (χ2v) is 3.49. The third kappa shape index (κ3) is 2.05. The molecule has 1 unspecified atom stereocenters. The van der Waals surface area contributed by atoms with E-state index in [9.17, 15) is 9.59 Å². The van der Waals surface area contributed by atoms with Crippen LogP contribution in [0.1, 0.15) is 24.2 Å². The van der Waals surface area contributed by atoms with Crippen molar-refractivity contribution in [3.63, 3.8) is 0 Å². The first kappa shape index (κ1) is 12.2. The molecule has 1 aromatic heterocycles. The van der Waals surface area contributed by atoms with Gasteiger partial charge in [-0.2, -0.15) is 5.10 Å². The second-order valence-electron chi connectivity index (χ2n) is 3.49. The van der Waals surface area contributed by atoms with E-state index in [1.165, 1.54) is 11.1 Å². The Bertz CT molecular complexity index is 400. The fraction of sp³-hybridized carbons (Fsp3) is 0.500. The number of carbonyl (C=O) groups is 2. The molecule has 0 aromatic carbocycles. The van der Waals surface area contributed by atoms with Crippen molar-refractivity contribution < 1.29 is 14.7 Å². The average molecular weight is 225 g/mol. The highest BCUT2D eigenvalue weighted by Crippen LogP contribution is 2.22. The van der Waals surface area contributed by atoms with Gasteiger partial charge in [-0.25, -0.2) is 4.79 Å². The zero-order valence-corrected chi connectivity index (χ0v) is 9.54. The monoisotopic (exact) mass is 225 g/mol. The van der Waals surface area contributed by atoms with Crippen LogP contribution in [-0.2, 0) is 16.6 Å². The molecule has 1 amide bonds. The first-order chi connectivity index (χ1) is 7.52. The maximum atomic E-state index is 11.2. The minimum atomic E-state index is -1.05. The lowest BCUT2D eigenvalue weighted by Crippen LogP contribution is -2.33. The fourth-order valence-electron chi connectivity index (χ4n) is 1.56. The minimum Gasteiger partial charge on any atom is -0.479 e. The zero-order valence-electron chi connectivity index (χ0n) is 9.54. The maximum Gasteiger partial charge on any atom is 0.331 e. The Morgan fingerprint density at radius 1 is 1.75 bits per heavy atom. The number of aryl methyl sites for hydroxylation is 1. The van der Waals surface area contributed by atoms with Crippen LogP contribution in [0.5, 0.6) is 0 Å². The van der Waals surface area contributed by atoms with E-state index in [1.54, 1.807) is 25.6 Å². The Morgan fingerprint density at radius 2 is 2.38 bits per heavy atom. The van der Waals surface area contributed by atoms with Gasteiger partial charge in [-0.3, -0.25) is 9.48 Å². The average Bonchev–Trinajstić information content (AvgIpc) is 2.56. The number of likely N-dealkylation sites (N-methyl/N-ethyl adjacent to an activating group) is 1. The van der Waals surface area contributed by atoms with E-state index in [2.05, 4.69) is 5.10 Å². The van der Waals surface area contributed by atoms with Gasteiger partial charge in [-0.05, 0) is 13.8 Å². The van der Waals surface area contributed by atoms with Crippen LogP contribution in [0, 0.1) is 6.92 Å².